The summed E-state index contributed by atoms with van der Waals surface area (Å²) in [5.41, 5.74) is 1.85. The first-order chi connectivity index (χ1) is 14.1. The van der Waals surface area contributed by atoms with Crippen molar-refractivity contribution in [2.45, 2.75) is 104 Å². The van der Waals surface area contributed by atoms with Gasteiger partial charge in [0.05, 0.1) is 12.7 Å². The Morgan fingerprint density at radius 2 is 1.93 bits per heavy atom. The molecule has 3 fully saturated rings. The predicted molar refractivity (Wildman–Crippen MR) is 121 cm³/mol. The summed E-state index contributed by atoms with van der Waals surface area (Å²) in [5, 5.41) is 10.7. The van der Waals surface area contributed by atoms with Gasteiger partial charge in [-0.1, -0.05) is 32.4 Å². The second-order valence-electron chi connectivity index (χ2n) is 12.1. The summed E-state index contributed by atoms with van der Waals surface area (Å²) in [6.07, 6.45) is 14.9. The third kappa shape index (κ3) is 3.67. The lowest BCUT2D eigenvalue weighted by Gasteiger charge is -2.59. The van der Waals surface area contributed by atoms with Crippen LogP contribution in [0.5, 0.6) is 0 Å². The van der Waals surface area contributed by atoms with Crippen molar-refractivity contribution in [1.29, 1.82) is 0 Å². The van der Waals surface area contributed by atoms with Gasteiger partial charge in [0.2, 0.25) is 0 Å². The lowest BCUT2D eigenvalue weighted by atomic mass is 9.46. The van der Waals surface area contributed by atoms with Crippen LogP contribution in [0.1, 0.15) is 98.3 Å². The SMILES string of the molecule is COC(=O)CCC[C@@H](C)[C@H]1CC[C@H]2[C@@H]3CC=C4C[C@@](C)(O)CC[C@]4(C)[C@H]3CC[C@]12C. The van der Waals surface area contributed by atoms with Crippen molar-refractivity contribution >= 4 is 5.97 Å². The highest BCUT2D eigenvalue weighted by molar-refractivity contribution is 5.68. The van der Waals surface area contributed by atoms with Crippen molar-refractivity contribution in [3.8, 4) is 0 Å². The maximum Gasteiger partial charge on any atom is 0.305 e. The number of carbonyl (C=O) groups excluding carboxylic acids is 1. The van der Waals surface area contributed by atoms with E-state index in [1.807, 2.05) is 6.92 Å². The van der Waals surface area contributed by atoms with E-state index in [0.717, 1.165) is 55.8 Å². The van der Waals surface area contributed by atoms with Crippen LogP contribution in [-0.2, 0) is 9.53 Å². The minimum Gasteiger partial charge on any atom is -0.469 e. The standard InChI is InChI=1S/C27H44O3/c1-18(7-6-8-24(28)30-5)21-11-12-22-20-10-9-19-17-25(2,29)15-16-26(19,3)23(20)13-14-27(21,22)4/h9,18,20-23,29H,6-8,10-17H2,1-5H3/t18-,20+,21-,22+,23+,25+,26+,27-/m1/s1. The molecule has 4 aliphatic rings. The molecule has 30 heavy (non-hydrogen) atoms. The number of allylic oxidation sites excluding steroid dienone is 1. The van der Waals surface area contributed by atoms with E-state index in [2.05, 4.69) is 26.8 Å². The van der Waals surface area contributed by atoms with Crippen LogP contribution in [0.25, 0.3) is 0 Å². The summed E-state index contributed by atoms with van der Waals surface area (Å²) in [5.74, 6) is 3.90. The maximum absolute atomic E-state index is 11.5. The molecule has 0 amide bonds. The van der Waals surface area contributed by atoms with Gasteiger partial charge in [0.1, 0.15) is 0 Å². The molecular formula is C27H44O3. The Balaban J connectivity index is 1.47. The smallest absolute Gasteiger partial charge is 0.305 e. The zero-order valence-electron chi connectivity index (χ0n) is 20.0. The van der Waals surface area contributed by atoms with Crippen molar-refractivity contribution in [3.05, 3.63) is 11.6 Å². The molecule has 170 valence electrons. The van der Waals surface area contributed by atoms with Gasteiger partial charge in [-0.15, -0.1) is 0 Å². The van der Waals surface area contributed by atoms with Crippen molar-refractivity contribution in [1.82, 2.24) is 0 Å². The molecular weight excluding hydrogens is 372 g/mol. The molecule has 4 rings (SSSR count). The maximum atomic E-state index is 11.5. The third-order valence-electron chi connectivity index (χ3n) is 10.4. The molecule has 0 saturated heterocycles. The normalized spacial score (nSPS) is 46.3. The second kappa shape index (κ2) is 7.94. The number of aliphatic hydroxyl groups is 1. The summed E-state index contributed by atoms with van der Waals surface area (Å²) < 4.78 is 4.83. The Morgan fingerprint density at radius 3 is 2.67 bits per heavy atom. The van der Waals surface area contributed by atoms with Gasteiger partial charge in [-0.3, -0.25) is 4.79 Å². The van der Waals surface area contributed by atoms with Crippen molar-refractivity contribution in [3.63, 3.8) is 0 Å². The lowest BCUT2D eigenvalue weighted by molar-refractivity contribution is -0.140. The fourth-order valence-corrected chi connectivity index (χ4v) is 8.65. The first-order valence-corrected chi connectivity index (χ1v) is 12.6. The summed E-state index contributed by atoms with van der Waals surface area (Å²) in [7, 11) is 1.49. The molecule has 0 unspecified atom stereocenters. The number of rotatable bonds is 5. The van der Waals surface area contributed by atoms with E-state index in [-0.39, 0.29) is 5.97 Å². The van der Waals surface area contributed by atoms with Crippen LogP contribution < -0.4 is 0 Å². The Morgan fingerprint density at radius 1 is 1.17 bits per heavy atom. The Labute approximate surface area is 184 Å². The first-order valence-electron chi connectivity index (χ1n) is 12.6. The number of esters is 1. The van der Waals surface area contributed by atoms with Crippen LogP contribution >= 0.6 is 0 Å². The Hall–Kier alpha value is -0.830. The van der Waals surface area contributed by atoms with E-state index >= 15 is 0 Å². The summed E-state index contributed by atoms with van der Waals surface area (Å²) in [6, 6.07) is 0. The van der Waals surface area contributed by atoms with E-state index in [1.54, 1.807) is 5.57 Å². The molecule has 3 nitrogen and oxygen atoms in total. The first kappa shape index (κ1) is 22.4. The van der Waals surface area contributed by atoms with Gasteiger partial charge in [0.15, 0.2) is 0 Å². The van der Waals surface area contributed by atoms with Crippen LogP contribution in [0.2, 0.25) is 0 Å². The molecule has 0 bridgehead atoms. The number of fused-ring (bicyclic) bond motifs is 5. The van der Waals surface area contributed by atoms with Gasteiger partial charge in [-0.05, 0) is 112 Å². The summed E-state index contributed by atoms with van der Waals surface area (Å²) in [4.78, 5) is 11.5. The minimum atomic E-state index is -0.501. The van der Waals surface area contributed by atoms with Crippen LogP contribution in [0.4, 0.5) is 0 Å². The van der Waals surface area contributed by atoms with Crippen LogP contribution in [0.15, 0.2) is 11.6 Å². The van der Waals surface area contributed by atoms with Gasteiger partial charge < -0.3 is 9.84 Å². The zero-order chi connectivity index (χ0) is 21.7. The van der Waals surface area contributed by atoms with Gasteiger partial charge in [0.25, 0.3) is 0 Å². The highest BCUT2D eigenvalue weighted by Crippen LogP contribution is 2.67. The van der Waals surface area contributed by atoms with E-state index in [1.165, 1.54) is 39.2 Å². The van der Waals surface area contributed by atoms with Crippen molar-refractivity contribution < 1.29 is 14.6 Å². The molecule has 0 heterocycles. The van der Waals surface area contributed by atoms with E-state index in [9.17, 15) is 9.90 Å². The van der Waals surface area contributed by atoms with Gasteiger partial charge in [0, 0.05) is 6.42 Å². The van der Waals surface area contributed by atoms with E-state index < -0.39 is 5.60 Å². The predicted octanol–water partition coefficient (Wildman–Crippen LogP) is 6.30. The molecule has 0 aromatic rings. The molecule has 0 aromatic heterocycles. The van der Waals surface area contributed by atoms with Crippen LogP contribution in [0, 0.1) is 40.4 Å². The molecule has 4 aliphatic carbocycles. The van der Waals surface area contributed by atoms with Crippen molar-refractivity contribution in [2.24, 2.45) is 40.4 Å². The van der Waals surface area contributed by atoms with Gasteiger partial charge >= 0.3 is 5.97 Å². The highest BCUT2D eigenvalue weighted by Gasteiger charge is 2.59. The molecule has 1 N–H and O–H groups in total. The molecule has 3 saturated carbocycles. The Kier molecular flexibility index (Phi) is 5.92. The zero-order valence-corrected chi connectivity index (χ0v) is 20.0. The lowest BCUT2D eigenvalue weighted by Crippen LogP contribution is -2.52. The quantitative estimate of drug-likeness (QED) is 0.423. The third-order valence-corrected chi connectivity index (χ3v) is 10.4. The largest absolute Gasteiger partial charge is 0.469 e. The van der Waals surface area contributed by atoms with Crippen LogP contribution in [0.3, 0.4) is 0 Å². The highest BCUT2D eigenvalue weighted by atomic mass is 16.5. The minimum absolute atomic E-state index is 0.0669. The molecule has 8 atom stereocenters. The van der Waals surface area contributed by atoms with E-state index in [4.69, 9.17) is 4.74 Å². The van der Waals surface area contributed by atoms with E-state index in [0.29, 0.717) is 23.2 Å². The average molecular weight is 417 g/mol. The molecule has 3 heteroatoms. The fraction of sp³-hybridized carbons (Fsp3) is 0.889. The summed E-state index contributed by atoms with van der Waals surface area (Å²) in [6.45, 7) is 9.59. The molecule has 0 aliphatic heterocycles. The molecule has 0 spiro atoms. The number of carbonyl (C=O) groups is 1. The number of hydrogen-bond donors (Lipinski definition) is 1. The fourth-order valence-electron chi connectivity index (χ4n) is 8.65. The molecule has 0 radical (unpaired) electrons. The second-order valence-corrected chi connectivity index (χ2v) is 12.1. The average Bonchev–Trinajstić information content (AvgIpc) is 3.05. The van der Waals surface area contributed by atoms with Crippen LogP contribution in [-0.4, -0.2) is 23.8 Å². The number of methoxy groups -OCH3 is 1. The van der Waals surface area contributed by atoms with Gasteiger partial charge in [-0.25, -0.2) is 0 Å². The van der Waals surface area contributed by atoms with Gasteiger partial charge in [-0.2, -0.15) is 0 Å². The number of ether oxygens (including phenoxy) is 1. The molecule has 0 aromatic carbocycles. The Bertz CT molecular complexity index is 694. The monoisotopic (exact) mass is 416 g/mol. The number of hydrogen-bond acceptors (Lipinski definition) is 3. The topological polar surface area (TPSA) is 46.5 Å². The summed E-state index contributed by atoms with van der Waals surface area (Å²) >= 11 is 0. The van der Waals surface area contributed by atoms with Crippen molar-refractivity contribution in [2.75, 3.05) is 7.11 Å².